The number of oxazole rings is 1. The van der Waals surface area contributed by atoms with E-state index >= 15 is 0 Å². The van der Waals surface area contributed by atoms with Crippen LogP contribution in [0.5, 0.6) is 5.75 Å². The van der Waals surface area contributed by atoms with Crippen molar-refractivity contribution in [2.75, 3.05) is 5.32 Å². The lowest BCUT2D eigenvalue weighted by molar-refractivity contribution is 0.318. The smallest absolute Gasteiger partial charge is 0.299 e. The van der Waals surface area contributed by atoms with Gasteiger partial charge in [-0.3, -0.25) is 0 Å². The molecule has 2 heterocycles. The lowest BCUT2D eigenvalue weighted by atomic mass is 10.1. The van der Waals surface area contributed by atoms with E-state index in [0.29, 0.717) is 11.4 Å². The van der Waals surface area contributed by atoms with Crippen LogP contribution < -0.4 is 11.1 Å². The molecule has 0 bridgehead atoms. The Kier molecular flexibility index (Phi) is 4.02. The van der Waals surface area contributed by atoms with E-state index in [2.05, 4.69) is 20.4 Å². The number of aromatic hydroxyl groups is 1. The van der Waals surface area contributed by atoms with Crippen LogP contribution in [0.15, 0.2) is 52.3 Å². The Morgan fingerprint density at radius 1 is 1.21 bits per heavy atom. The number of rotatable bonds is 4. The first-order valence-electron chi connectivity index (χ1n) is 7.03. The molecule has 1 aromatic carbocycles. The second-order valence-electron chi connectivity index (χ2n) is 5.10. The van der Waals surface area contributed by atoms with Crippen molar-refractivity contribution in [1.29, 1.82) is 0 Å². The van der Waals surface area contributed by atoms with Gasteiger partial charge in [0.1, 0.15) is 5.75 Å². The molecule has 0 spiro atoms. The number of anilines is 2. The minimum atomic E-state index is -0.281. The van der Waals surface area contributed by atoms with Crippen LogP contribution in [0.25, 0.3) is 11.3 Å². The topological polar surface area (TPSA) is 130 Å². The number of nitrogens with one attached hydrogen (secondary N) is 1. The summed E-state index contributed by atoms with van der Waals surface area (Å²) in [5, 5.41) is 24.2. The minimum Gasteiger partial charge on any atom is -0.505 e. The van der Waals surface area contributed by atoms with Crippen LogP contribution in [0.2, 0.25) is 0 Å². The number of pyridine rings is 1. The van der Waals surface area contributed by atoms with Crippen molar-refractivity contribution >= 4 is 17.5 Å². The molecule has 0 atom stereocenters. The molecule has 5 N–H and O–H groups in total. The number of hydrogen-bond donors (Lipinski definition) is 4. The minimum absolute atomic E-state index is 0.0178. The fraction of sp³-hybridized carbons (Fsp3) is 0.0625. The second kappa shape index (κ2) is 6.29. The largest absolute Gasteiger partial charge is 0.505 e. The summed E-state index contributed by atoms with van der Waals surface area (Å²) in [7, 11) is 0. The summed E-state index contributed by atoms with van der Waals surface area (Å²) in [4.78, 5) is 8.06. The molecule has 0 saturated carbocycles. The molecule has 24 heavy (non-hydrogen) atoms. The fourth-order valence-corrected chi connectivity index (χ4v) is 2.07. The third kappa shape index (κ3) is 3.12. The van der Waals surface area contributed by atoms with Gasteiger partial charge in [-0.1, -0.05) is 35.0 Å². The Hall–Kier alpha value is -3.55. The van der Waals surface area contributed by atoms with E-state index in [1.165, 1.54) is 12.3 Å². The van der Waals surface area contributed by atoms with Gasteiger partial charge in [0.25, 0.3) is 6.01 Å². The normalized spacial score (nSPS) is 11.5. The highest BCUT2D eigenvalue weighted by molar-refractivity contribution is 5.97. The van der Waals surface area contributed by atoms with Gasteiger partial charge in [0, 0.05) is 11.6 Å². The predicted octanol–water partition coefficient (Wildman–Crippen LogP) is 2.59. The number of benzene rings is 1. The van der Waals surface area contributed by atoms with Gasteiger partial charge in [-0.15, -0.1) is 0 Å². The van der Waals surface area contributed by atoms with Crippen LogP contribution in [0.1, 0.15) is 11.3 Å². The zero-order chi connectivity index (χ0) is 17.1. The van der Waals surface area contributed by atoms with Gasteiger partial charge < -0.3 is 25.8 Å². The molecule has 3 rings (SSSR count). The molecule has 8 nitrogen and oxygen atoms in total. The number of aromatic nitrogens is 2. The Morgan fingerprint density at radius 2 is 1.96 bits per heavy atom. The fourth-order valence-electron chi connectivity index (χ4n) is 2.07. The zero-order valence-corrected chi connectivity index (χ0v) is 12.8. The highest BCUT2D eigenvalue weighted by Gasteiger charge is 2.11. The molecule has 0 amide bonds. The Morgan fingerprint density at radius 3 is 2.62 bits per heavy atom. The molecular formula is C16H15N5O3. The lowest BCUT2D eigenvalue weighted by Gasteiger charge is -2.05. The average molecular weight is 325 g/mol. The molecule has 0 aliphatic heterocycles. The second-order valence-corrected chi connectivity index (χ2v) is 5.10. The van der Waals surface area contributed by atoms with Crippen molar-refractivity contribution in [3.8, 4) is 17.1 Å². The molecule has 0 aliphatic rings. The molecule has 0 fully saturated rings. The highest BCUT2D eigenvalue weighted by atomic mass is 16.4. The van der Waals surface area contributed by atoms with Gasteiger partial charge in [0.15, 0.2) is 17.3 Å². The van der Waals surface area contributed by atoms with Crippen molar-refractivity contribution in [3.05, 3.63) is 54.0 Å². The maximum atomic E-state index is 9.85. The van der Waals surface area contributed by atoms with Crippen LogP contribution in [0, 0.1) is 6.92 Å². The van der Waals surface area contributed by atoms with Gasteiger partial charge in [-0.25, -0.2) is 9.97 Å². The lowest BCUT2D eigenvalue weighted by Crippen LogP contribution is -2.15. The Labute approximate surface area is 137 Å². The summed E-state index contributed by atoms with van der Waals surface area (Å²) in [6.07, 6.45) is 3.01. The molecule has 0 radical (unpaired) electrons. The summed E-state index contributed by atoms with van der Waals surface area (Å²) in [6, 6.07) is 9.48. The van der Waals surface area contributed by atoms with Crippen LogP contribution >= 0.6 is 0 Å². The van der Waals surface area contributed by atoms with Crippen molar-refractivity contribution in [1.82, 2.24) is 9.97 Å². The van der Waals surface area contributed by atoms with Crippen molar-refractivity contribution in [2.24, 2.45) is 10.9 Å². The van der Waals surface area contributed by atoms with E-state index in [4.69, 9.17) is 15.4 Å². The quantitative estimate of drug-likeness (QED) is 0.251. The summed E-state index contributed by atoms with van der Waals surface area (Å²) in [5.41, 5.74) is 7.89. The molecule has 2 aromatic heterocycles. The van der Waals surface area contributed by atoms with E-state index in [1.54, 1.807) is 6.20 Å². The van der Waals surface area contributed by atoms with E-state index in [9.17, 15) is 5.11 Å². The SMILES string of the molecule is Cc1ccc(-c2cnc(Nc3cnc(/C(N)=N/O)c(O)c3)o2)cc1. The van der Waals surface area contributed by atoms with Crippen molar-refractivity contribution < 1.29 is 14.7 Å². The monoisotopic (exact) mass is 325 g/mol. The standard InChI is InChI=1S/C16H15N5O3/c1-9-2-4-10(5-3-9)13-8-19-16(24-13)20-11-6-12(22)14(18-7-11)15(17)21-23/h2-8,22-23H,1H3,(H2,17,21)(H,19,20). The van der Waals surface area contributed by atoms with Crippen LogP contribution in [0.4, 0.5) is 11.7 Å². The number of nitrogens with two attached hydrogens (primary N) is 1. The first-order valence-corrected chi connectivity index (χ1v) is 7.03. The van der Waals surface area contributed by atoms with Gasteiger partial charge in [-0.05, 0) is 6.92 Å². The number of hydrogen-bond acceptors (Lipinski definition) is 7. The van der Waals surface area contributed by atoms with Crippen molar-refractivity contribution in [3.63, 3.8) is 0 Å². The molecule has 0 aliphatic carbocycles. The maximum absolute atomic E-state index is 9.85. The van der Waals surface area contributed by atoms with Crippen LogP contribution in [-0.4, -0.2) is 26.1 Å². The van der Waals surface area contributed by atoms with E-state index < -0.39 is 0 Å². The average Bonchev–Trinajstić information content (AvgIpc) is 3.03. The highest BCUT2D eigenvalue weighted by Crippen LogP contribution is 2.26. The number of amidine groups is 1. The van der Waals surface area contributed by atoms with Gasteiger partial charge in [0.2, 0.25) is 0 Å². The van der Waals surface area contributed by atoms with E-state index in [1.807, 2.05) is 31.2 Å². The van der Waals surface area contributed by atoms with Crippen LogP contribution in [0.3, 0.4) is 0 Å². The maximum Gasteiger partial charge on any atom is 0.299 e. The van der Waals surface area contributed by atoms with Gasteiger partial charge in [0.05, 0.1) is 18.1 Å². The number of oxime groups is 1. The molecule has 0 saturated heterocycles. The molecule has 8 heteroatoms. The third-order valence-corrected chi connectivity index (χ3v) is 3.31. The first kappa shape index (κ1) is 15.3. The number of aryl methyl sites for hydroxylation is 1. The predicted molar refractivity (Wildman–Crippen MR) is 88.4 cm³/mol. The third-order valence-electron chi connectivity index (χ3n) is 3.31. The molecular weight excluding hydrogens is 310 g/mol. The summed E-state index contributed by atoms with van der Waals surface area (Å²) in [5.74, 6) is 0.0976. The molecule has 3 aromatic rings. The molecule has 122 valence electrons. The number of nitrogens with zero attached hydrogens (tertiary/aromatic N) is 3. The molecule has 0 unspecified atom stereocenters. The Balaban J connectivity index is 1.80. The van der Waals surface area contributed by atoms with Crippen molar-refractivity contribution in [2.45, 2.75) is 6.92 Å². The van der Waals surface area contributed by atoms with Gasteiger partial charge >= 0.3 is 0 Å². The first-order chi connectivity index (χ1) is 11.6. The Bertz CT molecular complexity index is 887. The summed E-state index contributed by atoms with van der Waals surface area (Å²) < 4.78 is 5.63. The summed E-state index contributed by atoms with van der Waals surface area (Å²) >= 11 is 0. The summed E-state index contributed by atoms with van der Waals surface area (Å²) in [6.45, 7) is 2.01. The zero-order valence-electron chi connectivity index (χ0n) is 12.8. The van der Waals surface area contributed by atoms with Crippen LogP contribution in [-0.2, 0) is 0 Å². The van der Waals surface area contributed by atoms with E-state index in [0.717, 1.165) is 11.1 Å². The van der Waals surface area contributed by atoms with Gasteiger partial charge in [-0.2, -0.15) is 0 Å². The van der Waals surface area contributed by atoms with E-state index in [-0.39, 0.29) is 23.3 Å².